The van der Waals surface area contributed by atoms with Crippen molar-refractivity contribution in [3.63, 3.8) is 0 Å². The van der Waals surface area contributed by atoms with Crippen molar-refractivity contribution in [3.8, 4) is 0 Å². The van der Waals surface area contributed by atoms with E-state index in [1.54, 1.807) is 0 Å². The number of hydrogen-bond acceptors (Lipinski definition) is 13. The third kappa shape index (κ3) is 34.8. The summed E-state index contributed by atoms with van der Waals surface area (Å²) in [6.45, 7) is 11.6. The maximum atomic E-state index is 11.7. The summed E-state index contributed by atoms with van der Waals surface area (Å²) in [5.74, 6) is 0. The van der Waals surface area contributed by atoms with Gasteiger partial charge in [0.25, 0.3) is 0 Å². The summed E-state index contributed by atoms with van der Waals surface area (Å²) < 4.78 is 53.5. The van der Waals surface area contributed by atoms with Crippen LogP contribution >= 0.6 is 0 Å². The number of amides is 2. The molecule has 0 spiro atoms. The molecule has 15 heteroatoms. The van der Waals surface area contributed by atoms with E-state index in [0.29, 0.717) is 158 Å². The van der Waals surface area contributed by atoms with Crippen molar-refractivity contribution in [1.82, 2.24) is 10.6 Å². The third-order valence-electron chi connectivity index (χ3n) is 4.56. The molecule has 2 amide bonds. The van der Waals surface area contributed by atoms with Crippen LogP contribution in [0.25, 0.3) is 0 Å². The molecule has 0 radical (unpaired) electrons. The highest BCUT2D eigenvalue weighted by molar-refractivity contribution is 5.73. The molecule has 0 fully saturated rings. The summed E-state index contributed by atoms with van der Waals surface area (Å²) in [5, 5.41) is 5.42. The highest BCUT2D eigenvalue weighted by Crippen LogP contribution is 1.85. The number of rotatable bonds is 34. The SMILES string of the molecule is NCCOCCOCCOCCOCCOCCNC(=O)NCCOCCOCCOCCOCCOCCN. The van der Waals surface area contributed by atoms with Crippen LogP contribution in [0, 0.1) is 0 Å². The molecule has 0 rings (SSSR count). The van der Waals surface area contributed by atoms with Crippen LogP contribution in [0.1, 0.15) is 0 Å². The molecule has 0 aliphatic rings. The minimum atomic E-state index is -0.270. The second-order valence-corrected chi connectivity index (χ2v) is 7.88. The molecule has 0 aliphatic carbocycles. The Morgan fingerprint density at radius 3 is 0.775 bits per heavy atom. The Hall–Kier alpha value is -1.21. The van der Waals surface area contributed by atoms with Gasteiger partial charge in [-0.3, -0.25) is 0 Å². The van der Waals surface area contributed by atoms with Crippen molar-refractivity contribution in [2.75, 3.05) is 158 Å². The minimum Gasteiger partial charge on any atom is -0.378 e. The van der Waals surface area contributed by atoms with Crippen LogP contribution in [0.5, 0.6) is 0 Å². The van der Waals surface area contributed by atoms with Gasteiger partial charge in [-0.1, -0.05) is 0 Å². The fourth-order valence-corrected chi connectivity index (χ4v) is 2.67. The molecule has 0 aliphatic heterocycles. The molecule has 0 unspecified atom stereocenters. The highest BCUT2D eigenvalue weighted by Gasteiger charge is 1.99. The first-order valence-corrected chi connectivity index (χ1v) is 14.0. The number of hydrogen-bond donors (Lipinski definition) is 4. The Kier molecular flexibility index (Phi) is 34.7. The summed E-state index contributed by atoms with van der Waals surface area (Å²) in [7, 11) is 0. The zero-order valence-electron chi connectivity index (χ0n) is 24.1. The molecular weight excluding hydrogens is 532 g/mol. The molecule has 15 nitrogen and oxygen atoms in total. The average Bonchev–Trinajstić information content (AvgIpc) is 2.96. The smallest absolute Gasteiger partial charge is 0.314 e. The quantitative estimate of drug-likeness (QED) is 0.0631. The second kappa shape index (κ2) is 35.8. The van der Waals surface area contributed by atoms with Gasteiger partial charge in [-0.05, 0) is 0 Å². The molecule has 0 heterocycles. The third-order valence-corrected chi connectivity index (χ3v) is 4.56. The number of nitrogens with two attached hydrogens (primary N) is 2. The summed E-state index contributed by atoms with van der Waals surface area (Å²) in [4.78, 5) is 11.7. The average molecular weight is 587 g/mol. The van der Waals surface area contributed by atoms with Crippen LogP contribution in [0.2, 0.25) is 0 Å². The van der Waals surface area contributed by atoms with Crippen molar-refractivity contribution in [3.05, 3.63) is 0 Å². The molecule has 240 valence electrons. The molecule has 40 heavy (non-hydrogen) atoms. The van der Waals surface area contributed by atoms with Crippen LogP contribution < -0.4 is 22.1 Å². The van der Waals surface area contributed by atoms with Crippen LogP contribution in [0.15, 0.2) is 0 Å². The summed E-state index contributed by atoms with van der Waals surface area (Å²) in [6.07, 6.45) is 0. The molecule has 0 aromatic heterocycles. The number of carbonyl (C=O) groups excluding carboxylic acids is 1. The van der Waals surface area contributed by atoms with Crippen molar-refractivity contribution < 1.29 is 52.2 Å². The Morgan fingerprint density at radius 1 is 0.350 bits per heavy atom. The summed E-state index contributed by atoms with van der Waals surface area (Å²) in [5.41, 5.74) is 10.6. The van der Waals surface area contributed by atoms with E-state index in [4.69, 9.17) is 58.8 Å². The molecule has 0 aromatic carbocycles. The summed E-state index contributed by atoms with van der Waals surface area (Å²) >= 11 is 0. The fraction of sp³-hybridized carbons (Fsp3) is 0.960. The largest absolute Gasteiger partial charge is 0.378 e. The van der Waals surface area contributed by atoms with Crippen molar-refractivity contribution >= 4 is 6.03 Å². The van der Waals surface area contributed by atoms with E-state index in [1.165, 1.54) is 0 Å². The van der Waals surface area contributed by atoms with E-state index in [2.05, 4.69) is 10.6 Å². The Balaban J connectivity index is 3.14. The van der Waals surface area contributed by atoms with E-state index in [9.17, 15) is 4.79 Å². The van der Waals surface area contributed by atoms with Crippen LogP contribution in [0.4, 0.5) is 4.79 Å². The molecule has 0 atom stereocenters. The van der Waals surface area contributed by atoms with Crippen LogP contribution in [-0.4, -0.2) is 164 Å². The number of urea groups is 1. The van der Waals surface area contributed by atoms with E-state index in [1.807, 2.05) is 0 Å². The second-order valence-electron chi connectivity index (χ2n) is 7.88. The first-order valence-electron chi connectivity index (χ1n) is 14.0. The molecule has 6 N–H and O–H groups in total. The van der Waals surface area contributed by atoms with Gasteiger partial charge in [-0.15, -0.1) is 0 Å². The molecular formula is C25H54N4O11. The zero-order chi connectivity index (χ0) is 29.0. The Labute approximate surface area is 239 Å². The first-order chi connectivity index (χ1) is 19.8. The maximum Gasteiger partial charge on any atom is 0.314 e. The van der Waals surface area contributed by atoms with Gasteiger partial charge in [-0.25, -0.2) is 4.79 Å². The lowest BCUT2D eigenvalue weighted by atomic mass is 10.6. The van der Waals surface area contributed by atoms with Crippen molar-refractivity contribution in [2.24, 2.45) is 11.5 Å². The van der Waals surface area contributed by atoms with E-state index < -0.39 is 0 Å². The van der Waals surface area contributed by atoms with Gasteiger partial charge >= 0.3 is 6.03 Å². The Bertz CT molecular complexity index is 460. The van der Waals surface area contributed by atoms with E-state index in [0.717, 1.165) is 0 Å². The Morgan fingerprint density at radius 2 is 0.550 bits per heavy atom. The maximum absolute atomic E-state index is 11.7. The van der Waals surface area contributed by atoms with Crippen molar-refractivity contribution in [2.45, 2.75) is 0 Å². The summed E-state index contributed by atoms with van der Waals surface area (Å²) in [6, 6.07) is -0.270. The van der Waals surface area contributed by atoms with Gasteiger partial charge in [0, 0.05) is 26.2 Å². The lowest BCUT2D eigenvalue weighted by Gasteiger charge is -2.10. The lowest BCUT2D eigenvalue weighted by molar-refractivity contribution is -0.0103. The van der Waals surface area contributed by atoms with E-state index in [-0.39, 0.29) is 6.03 Å². The molecule has 0 saturated heterocycles. The van der Waals surface area contributed by atoms with Crippen LogP contribution in [0.3, 0.4) is 0 Å². The van der Waals surface area contributed by atoms with Crippen molar-refractivity contribution in [1.29, 1.82) is 0 Å². The van der Waals surface area contributed by atoms with Gasteiger partial charge in [-0.2, -0.15) is 0 Å². The number of ether oxygens (including phenoxy) is 10. The monoisotopic (exact) mass is 586 g/mol. The zero-order valence-corrected chi connectivity index (χ0v) is 24.1. The van der Waals surface area contributed by atoms with Gasteiger partial charge in [0.15, 0.2) is 0 Å². The predicted molar refractivity (Wildman–Crippen MR) is 148 cm³/mol. The topological polar surface area (TPSA) is 185 Å². The van der Waals surface area contributed by atoms with Gasteiger partial charge in [0.05, 0.1) is 132 Å². The minimum absolute atomic E-state index is 0.270. The lowest BCUT2D eigenvalue weighted by Crippen LogP contribution is -2.39. The standard InChI is InChI=1S/C25H54N4O11/c26-1-5-31-9-13-35-17-21-39-23-19-37-15-11-33-7-3-28-25(30)29-4-8-34-12-16-38-20-24-40-22-18-36-14-10-32-6-2-27/h1-24,26-27H2,(H2,28,29,30). The number of nitrogens with one attached hydrogen (secondary N) is 2. The molecule has 0 aromatic rings. The van der Waals surface area contributed by atoms with Gasteiger partial charge in [0.1, 0.15) is 0 Å². The van der Waals surface area contributed by atoms with Gasteiger partial charge in [0.2, 0.25) is 0 Å². The van der Waals surface area contributed by atoms with Gasteiger partial charge < -0.3 is 69.5 Å². The molecule has 0 saturated carbocycles. The van der Waals surface area contributed by atoms with E-state index >= 15 is 0 Å². The first kappa shape index (κ1) is 38.8. The fourth-order valence-electron chi connectivity index (χ4n) is 2.67. The predicted octanol–water partition coefficient (Wildman–Crippen LogP) is -1.63. The normalized spacial score (nSPS) is 11.2. The highest BCUT2D eigenvalue weighted by atomic mass is 16.6. The molecule has 0 bridgehead atoms. The van der Waals surface area contributed by atoms with Crippen LogP contribution in [-0.2, 0) is 47.4 Å². The number of carbonyl (C=O) groups is 1.